The maximum atomic E-state index is 11.7. The second kappa shape index (κ2) is 8.43. The minimum Gasteiger partial charge on any atom is -0.378 e. The molecule has 0 aliphatic carbocycles. The van der Waals surface area contributed by atoms with Crippen molar-refractivity contribution in [3.05, 3.63) is 70.4 Å². The predicted octanol–water partition coefficient (Wildman–Crippen LogP) is 5.10. The third kappa shape index (κ3) is 3.91. The molecule has 3 heterocycles. The minimum absolute atomic E-state index is 0.113. The molecule has 164 valence electrons. The molecule has 1 N–H and O–H groups in total. The van der Waals surface area contributed by atoms with Gasteiger partial charge in [0.05, 0.1) is 17.4 Å². The molecule has 0 fully saturated rings. The van der Waals surface area contributed by atoms with Gasteiger partial charge in [-0.2, -0.15) is 0 Å². The maximum absolute atomic E-state index is 11.7. The number of nitrogens with one attached hydrogen (secondary N) is 1. The summed E-state index contributed by atoms with van der Waals surface area (Å²) in [5, 5.41) is 13.1. The first kappa shape index (κ1) is 20.8. The van der Waals surface area contributed by atoms with Crippen LogP contribution in [-0.2, 0) is 11.3 Å². The van der Waals surface area contributed by atoms with Gasteiger partial charge >= 0.3 is 0 Å². The second-order valence-electron chi connectivity index (χ2n) is 8.49. The summed E-state index contributed by atoms with van der Waals surface area (Å²) in [6.07, 6.45) is 3.93. The molecular formula is C25H26ClN5O. The number of benzene rings is 2. The number of hydrogen-bond donors (Lipinski definition) is 1. The number of aromatic nitrogens is 3. The highest BCUT2D eigenvalue weighted by molar-refractivity contribution is 6.30. The molecule has 2 aliphatic heterocycles. The molecule has 2 aromatic carbocycles. The number of amides is 1. The van der Waals surface area contributed by atoms with E-state index in [1.165, 1.54) is 16.7 Å². The largest absolute Gasteiger partial charge is 0.378 e. The zero-order valence-electron chi connectivity index (χ0n) is 18.3. The van der Waals surface area contributed by atoms with E-state index in [2.05, 4.69) is 39.9 Å². The van der Waals surface area contributed by atoms with E-state index < -0.39 is 0 Å². The molecule has 3 aromatic rings. The van der Waals surface area contributed by atoms with E-state index in [0.29, 0.717) is 11.6 Å². The first-order valence-electron chi connectivity index (χ1n) is 11.0. The molecule has 0 saturated heterocycles. The summed E-state index contributed by atoms with van der Waals surface area (Å²) in [7, 11) is 0. The van der Waals surface area contributed by atoms with Crippen molar-refractivity contribution in [1.29, 1.82) is 0 Å². The highest BCUT2D eigenvalue weighted by Crippen LogP contribution is 2.39. The van der Waals surface area contributed by atoms with Gasteiger partial charge in [0.15, 0.2) is 0 Å². The Labute approximate surface area is 192 Å². The van der Waals surface area contributed by atoms with Crippen LogP contribution in [0.4, 0.5) is 5.69 Å². The molecule has 1 unspecified atom stereocenters. The Hall–Kier alpha value is -3.12. The predicted molar refractivity (Wildman–Crippen MR) is 127 cm³/mol. The van der Waals surface area contributed by atoms with Crippen LogP contribution in [0.3, 0.4) is 0 Å². The quantitative estimate of drug-likeness (QED) is 0.606. The first-order chi connectivity index (χ1) is 15.5. The van der Waals surface area contributed by atoms with Crippen LogP contribution in [0.5, 0.6) is 0 Å². The van der Waals surface area contributed by atoms with Crippen LogP contribution in [0.1, 0.15) is 42.6 Å². The third-order valence-corrected chi connectivity index (χ3v) is 6.64. The molecule has 0 saturated carbocycles. The average molecular weight is 448 g/mol. The molecule has 2 aliphatic rings. The zero-order chi connectivity index (χ0) is 22.2. The molecule has 32 heavy (non-hydrogen) atoms. The lowest BCUT2D eigenvalue weighted by Crippen LogP contribution is -2.32. The average Bonchev–Trinajstić information content (AvgIpc) is 3.08. The summed E-state index contributed by atoms with van der Waals surface area (Å²) in [6, 6.07) is 14.7. The smallest absolute Gasteiger partial charge is 0.219 e. The fourth-order valence-electron chi connectivity index (χ4n) is 4.71. The number of carbonyl (C=O) groups excluding carboxylic acids is 1. The number of fused-ring (bicyclic) bond motifs is 3. The molecule has 7 heteroatoms. The Balaban J connectivity index is 1.55. The van der Waals surface area contributed by atoms with E-state index in [1.54, 1.807) is 6.92 Å². The fourth-order valence-corrected chi connectivity index (χ4v) is 4.90. The maximum Gasteiger partial charge on any atom is 0.219 e. The van der Waals surface area contributed by atoms with Gasteiger partial charge in [0.25, 0.3) is 0 Å². The van der Waals surface area contributed by atoms with Crippen LogP contribution < -0.4 is 5.32 Å². The van der Waals surface area contributed by atoms with E-state index in [1.807, 2.05) is 40.8 Å². The van der Waals surface area contributed by atoms with Crippen molar-refractivity contribution in [2.24, 2.45) is 0 Å². The summed E-state index contributed by atoms with van der Waals surface area (Å²) in [5.74, 6) is 0.129. The van der Waals surface area contributed by atoms with Crippen LogP contribution in [-0.4, -0.2) is 38.9 Å². The van der Waals surface area contributed by atoms with Crippen LogP contribution in [0.25, 0.3) is 16.8 Å². The van der Waals surface area contributed by atoms with E-state index in [9.17, 15) is 4.79 Å². The summed E-state index contributed by atoms with van der Waals surface area (Å²) in [5.41, 5.74) is 7.93. The number of aryl methyl sites for hydroxylation is 2. The van der Waals surface area contributed by atoms with E-state index in [4.69, 9.17) is 11.6 Å². The number of rotatable bonds is 3. The Morgan fingerprint density at radius 2 is 2.06 bits per heavy atom. The highest BCUT2D eigenvalue weighted by atomic mass is 35.5. The van der Waals surface area contributed by atoms with Crippen LogP contribution in [0.2, 0.25) is 5.02 Å². The Kier molecular flexibility index (Phi) is 5.47. The molecular weight excluding hydrogens is 422 g/mol. The Bertz CT molecular complexity index is 1210. The Morgan fingerprint density at radius 1 is 1.19 bits per heavy atom. The van der Waals surface area contributed by atoms with Gasteiger partial charge in [0.2, 0.25) is 5.91 Å². The summed E-state index contributed by atoms with van der Waals surface area (Å²) in [6.45, 7) is 5.86. The number of halogens is 1. The molecule has 6 nitrogen and oxygen atoms in total. The number of hydrogen-bond acceptors (Lipinski definition) is 4. The van der Waals surface area contributed by atoms with Crippen molar-refractivity contribution in [3.63, 3.8) is 0 Å². The molecule has 0 bridgehead atoms. The fraction of sp³-hybridized carbons (Fsp3) is 0.320. The molecule has 5 rings (SSSR count). The van der Waals surface area contributed by atoms with E-state index in [-0.39, 0.29) is 11.9 Å². The topological polar surface area (TPSA) is 63.1 Å². The van der Waals surface area contributed by atoms with Crippen molar-refractivity contribution >= 4 is 28.8 Å². The van der Waals surface area contributed by atoms with Gasteiger partial charge in [-0.1, -0.05) is 41.1 Å². The SMILES string of the molecule is CC(=O)N1CC=C(c2ccc3c(c2)C(Nc2cccc(Cl)c2)CCn2nnc(C)c2-3)CC1. The third-order valence-electron chi connectivity index (χ3n) is 6.41. The van der Waals surface area contributed by atoms with Crippen LogP contribution in [0, 0.1) is 6.92 Å². The summed E-state index contributed by atoms with van der Waals surface area (Å²) in [4.78, 5) is 13.6. The van der Waals surface area contributed by atoms with Crippen molar-refractivity contribution < 1.29 is 4.79 Å². The normalized spacial score (nSPS) is 17.8. The highest BCUT2D eigenvalue weighted by Gasteiger charge is 2.26. The van der Waals surface area contributed by atoms with Crippen molar-refractivity contribution in [1.82, 2.24) is 19.9 Å². The lowest BCUT2D eigenvalue weighted by atomic mass is 9.90. The zero-order valence-corrected chi connectivity index (χ0v) is 19.1. The lowest BCUT2D eigenvalue weighted by Gasteiger charge is -2.26. The molecule has 1 amide bonds. The van der Waals surface area contributed by atoms with Gasteiger partial charge in [-0.15, -0.1) is 5.10 Å². The minimum atomic E-state index is 0.113. The summed E-state index contributed by atoms with van der Waals surface area (Å²) < 4.78 is 2.01. The van der Waals surface area contributed by atoms with Gasteiger partial charge in [0, 0.05) is 42.8 Å². The number of nitrogens with zero attached hydrogens (tertiary/aromatic N) is 4. The summed E-state index contributed by atoms with van der Waals surface area (Å²) >= 11 is 6.23. The van der Waals surface area contributed by atoms with Crippen molar-refractivity contribution in [2.75, 3.05) is 18.4 Å². The second-order valence-corrected chi connectivity index (χ2v) is 8.93. The van der Waals surface area contributed by atoms with Gasteiger partial charge in [-0.05, 0) is 60.7 Å². The van der Waals surface area contributed by atoms with Crippen LogP contribution in [0.15, 0.2) is 48.5 Å². The van der Waals surface area contributed by atoms with Gasteiger partial charge in [0.1, 0.15) is 0 Å². The Morgan fingerprint density at radius 3 is 2.81 bits per heavy atom. The van der Waals surface area contributed by atoms with Gasteiger partial charge in [-0.3, -0.25) is 4.79 Å². The van der Waals surface area contributed by atoms with E-state index >= 15 is 0 Å². The number of anilines is 1. The van der Waals surface area contributed by atoms with E-state index in [0.717, 1.165) is 48.6 Å². The van der Waals surface area contributed by atoms with Gasteiger partial charge in [-0.25, -0.2) is 4.68 Å². The standard InChI is InChI=1S/C25H26ClN5O/c1-16-25-22-7-6-19(18-8-11-30(12-9-18)17(2)32)14-23(22)24(10-13-31(25)29-28-16)27-21-5-3-4-20(26)15-21/h3-8,14-15,24,27H,9-13H2,1-2H3. The van der Waals surface area contributed by atoms with Crippen LogP contribution >= 0.6 is 11.6 Å². The van der Waals surface area contributed by atoms with Crippen molar-refractivity contribution in [3.8, 4) is 11.3 Å². The monoisotopic (exact) mass is 447 g/mol. The van der Waals surface area contributed by atoms with Gasteiger partial charge < -0.3 is 10.2 Å². The number of carbonyl (C=O) groups is 1. The molecule has 1 aromatic heterocycles. The molecule has 1 atom stereocenters. The van der Waals surface area contributed by atoms with Crippen molar-refractivity contribution in [2.45, 2.75) is 39.3 Å². The first-order valence-corrected chi connectivity index (χ1v) is 11.4. The lowest BCUT2D eigenvalue weighted by molar-refractivity contribution is -0.128. The molecule has 0 spiro atoms. The molecule has 0 radical (unpaired) electrons.